The predicted octanol–water partition coefficient (Wildman–Crippen LogP) is 1.92. The van der Waals surface area contributed by atoms with E-state index >= 15 is 0 Å². The van der Waals surface area contributed by atoms with E-state index in [0.717, 1.165) is 12.1 Å². The summed E-state index contributed by atoms with van der Waals surface area (Å²) in [5.74, 6) is 0. The number of hydrogen-bond donors (Lipinski definition) is 2. The number of alkyl halides is 3. The van der Waals surface area contributed by atoms with Crippen LogP contribution in [-0.2, 0) is 11.7 Å². The molecule has 0 spiro atoms. The van der Waals surface area contributed by atoms with Gasteiger partial charge in [-0.05, 0) is 24.6 Å². The molecule has 17 heavy (non-hydrogen) atoms. The zero-order chi connectivity index (χ0) is 12.8. The third-order valence-corrected chi connectivity index (χ3v) is 2.97. The predicted molar refractivity (Wildman–Crippen MR) is 59.1 cm³/mol. The summed E-state index contributed by atoms with van der Waals surface area (Å²) in [7, 11) is 0. The number of fused-ring (bicyclic) bond motifs is 1. The zero-order valence-corrected chi connectivity index (χ0v) is 9.12. The van der Waals surface area contributed by atoms with Crippen LogP contribution in [0.1, 0.15) is 18.1 Å². The maximum absolute atomic E-state index is 12.5. The molecule has 0 amide bonds. The van der Waals surface area contributed by atoms with Gasteiger partial charge in [-0.15, -0.1) is 0 Å². The SMILES string of the molecule is CC1(N)c2ccc(C(F)(F)F)cc2N=CC1N. The van der Waals surface area contributed by atoms with E-state index in [0.29, 0.717) is 5.56 Å². The molecule has 0 saturated carbocycles. The average molecular weight is 243 g/mol. The molecular weight excluding hydrogens is 231 g/mol. The first-order valence-electron chi connectivity index (χ1n) is 5.03. The van der Waals surface area contributed by atoms with Crippen LogP contribution in [0.15, 0.2) is 23.2 Å². The number of benzene rings is 1. The smallest absolute Gasteiger partial charge is 0.321 e. The summed E-state index contributed by atoms with van der Waals surface area (Å²) in [6.45, 7) is 1.68. The molecule has 0 bridgehead atoms. The van der Waals surface area contributed by atoms with Gasteiger partial charge in [-0.2, -0.15) is 13.2 Å². The molecule has 1 aliphatic heterocycles. The third kappa shape index (κ3) is 1.94. The van der Waals surface area contributed by atoms with Crippen LogP contribution in [-0.4, -0.2) is 12.3 Å². The van der Waals surface area contributed by atoms with E-state index in [9.17, 15) is 13.2 Å². The Bertz CT molecular complexity index is 477. The minimum absolute atomic E-state index is 0.228. The highest BCUT2D eigenvalue weighted by Gasteiger charge is 2.36. The van der Waals surface area contributed by atoms with E-state index in [1.807, 2.05) is 0 Å². The monoisotopic (exact) mass is 243 g/mol. The Morgan fingerprint density at radius 1 is 1.35 bits per heavy atom. The van der Waals surface area contributed by atoms with Crippen LogP contribution in [0.3, 0.4) is 0 Å². The van der Waals surface area contributed by atoms with Crippen molar-refractivity contribution in [2.24, 2.45) is 16.5 Å². The number of hydrogen-bond acceptors (Lipinski definition) is 3. The van der Waals surface area contributed by atoms with Crippen molar-refractivity contribution < 1.29 is 13.2 Å². The first kappa shape index (κ1) is 12.1. The van der Waals surface area contributed by atoms with Gasteiger partial charge < -0.3 is 11.5 Å². The minimum Gasteiger partial charge on any atom is -0.321 e. The lowest BCUT2D eigenvalue weighted by atomic mass is 9.83. The van der Waals surface area contributed by atoms with E-state index < -0.39 is 23.3 Å². The fourth-order valence-corrected chi connectivity index (χ4v) is 1.77. The quantitative estimate of drug-likeness (QED) is 0.731. The van der Waals surface area contributed by atoms with Gasteiger partial charge in [0.25, 0.3) is 0 Å². The molecule has 0 saturated heterocycles. The summed E-state index contributed by atoms with van der Waals surface area (Å²) >= 11 is 0. The molecule has 4 N–H and O–H groups in total. The highest BCUT2D eigenvalue weighted by atomic mass is 19.4. The number of nitrogens with two attached hydrogens (primary N) is 2. The molecule has 3 nitrogen and oxygen atoms in total. The fraction of sp³-hybridized carbons (Fsp3) is 0.364. The first-order valence-corrected chi connectivity index (χ1v) is 5.03. The molecule has 2 unspecified atom stereocenters. The van der Waals surface area contributed by atoms with Crippen LogP contribution in [0.2, 0.25) is 0 Å². The fourth-order valence-electron chi connectivity index (χ4n) is 1.77. The van der Waals surface area contributed by atoms with E-state index in [2.05, 4.69) is 4.99 Å². The van der Waals surface area contributed by atoms with Crippen LogP contribution in [0.4, 0.5) is 18.9 Å². The lowest BCUT2D eigenvalue weighted by Crippen LogP contribution is -2.52. The van der Waals surface area contributed by atoms with E-state index in [-0.39, 0.29) is 5.69 Å². The average Bonchev–Trinajstić information content (AvgIpc) is 2.22. The van der Waals surface area contributed by atoms with Crippen molar-refractivity contribution in [3.05, 3.63) is 29.3 Å². The van der Waals surface area contributed by atoms with Gasteiger partial charge in [0.05, 0.1) is 22.8 Å². The van der Waals surface area contributed by atoms with Crippen LogP contribution in [0.25, 0.3) is 0 Å². The Morgan fingerprint density at radius 3 is 2.59 bits per heavy atom. The molecule has 0 aromatic heterocycles. The molecule has 92 valence electrons. The summed E-state index contributed by atoms with van der Waals surface area (Å²) in [4.78, 5) is 3.91. The van der Waals surface area contributed by atoms with E-state index in [1.54, 1.807) is 6.92 Å². The lowest BCUT2D eigenvalue weighted by Gasteiger charge is -2.33. The molecule has 1 heterocycles. The highest BCUT2D eigenvalue weighted by molar-refractivity contribution is 5.77. The maximum atomic E-state index is 12.5. The molecule has 0 aliphatic carbocycles. The normalized spacial score (nSPS) is 28.0. The van der Waals surface area contributed by atoms with Gasteiger partial charge >= 0.3 is 6.18 Å². The third-order valence-electron chi connectivity index (χ3n) is 2.97. The second-order valence-electron chi connectivity index (χ2n) is 4.32. The van der Waals surface area contributed by atoms with Crippen LogP contribution in [0, 0.1) is 0 Å². The molecule has 1 aliphatic rings. The van der Waals surface area contributed by atoms with Gasteiger partial charge in [-0.1, -0.05) is 6.07 Å². The van der Waals surface area contributed by atoms with Gasteiger partial charge in [0.2, 0.25) is 0 Å². The molecule has 2 atom stereocenters. The van der Waals surface area contributed by atoms with Gasteiger partial charge in [-0.3, -0.25) is 4.99 Å². The molecule has 0 radical (unpaired) electrons. The van der Waals surface area contributed by atoms with Gasteiger partial charge in [0.15, 0.2) is 0 Å². The second kappa shape index (κ2) is 3.54. The largest absolute Gasteiger partial charge is 0.416 e. The number of halogens is 3. The van der Waals surface area contributed by atoms with Gasteiger partial charge in [0, 0.05) is 6.21 Å². The van der Waals surface area contributed by atoms with Crippen LogP contribution >= 0.6 is 0 Å². The van der Waals surface area contributed by atoms with Crippen molar-refractivity contribution in [1.29, 1.82) is 0 Å². The van der Waals surface area contributed by atoms with Crippen molar-refractivity contribution >= 4 is 11.9 Å². The molecule has 6 heteroatoms. The first-order chi connectivity index (χ1) is 7.73. The Morgan fingerprint density at radius 2 is 2.00 bits per heavy atom. The Hall–Kier alpha value is -1.40. The maximum Gasteiger partial charge on any atom is 0.416 e. The summed E-state index contributed by atoms with van der Waals surface area (Å²) in [5, 5.41) is 0. The van der Waals surface area contributed by atoms with Crippen molar-refractivity contribution in [2.75, 3.05) is 0 Å². The Labute approximate surface area is 96.3 Å². The summed E-state index contributed by atoms with van der Waals surface area (Å²) < 4.78 is 37.6. The number of nitrogens with zero attached hydrogens (tertiary/aromatic N) is 1. The van der Waals surface area contributed by atoms with Gasteiger partial charge in [0.1, 0.15) is 0 Å². The summed E-state index contributed by atoms with van der Waals surface area (Å²) in [6.07, 6.45) is -3.00. The minimum atomic E-state index is -4.38. The Balaban J connectivity index is 2.55. The second-order valence-corrected chi connectivity index (χ2v) is 4.32. The van der Waals surface area contributed by atoms with E-state index in [4.69, 9.17) is 11.5 Å². The van der Waals surface area contributed by atoms with E-state index in [1.165, 1.54) is 12.3 Å². The highest BCUT2D eigenvalue weighted by Crippen LogP contribution is 2.38. The van der Waals surface area contributed by atoms with Crippen LogP contribution < -0.4 is 11.5 Å². The molecule has 0 fully saturated rings. The topological polar surface area (TPSA) is 64.4 Å². The van der Waals surface area contributed by atoms with Crippen LogP contribution in [0.5, 0.6) is 0 Å². The molecule has 2 rings (SSSR count). The molecule has 1 aromatic carbocycles. The van der Waals surface area contributed by atoms with Crippen molar-refractivity contribution in [2.45, 2.75) is 24.7 Å². The molecular formula is C11H12F3N3. The summed E-state index contributed by atoms with van der Waals surface area (Å²) in [5.41, 5.74) is 10.9. The standard InChI is InChI=1S/C11H12F3N3/c1-10(16)7-3-2-6(11(12,13)14)4-8(7)17-5-9(10)15/h2-5,9H,15-16H2,1H3. The van der Waals surface area contributed by atoms with Crippen molar-refractivity contribution in [3.63, 3.8) is 0 Å². The summed E-state index contributed by atoms with van der Waals surface area (Å²) in [6, 6.07) is 2.82. The van der Waals surface area contributed by atoms with Crippen molar-refractivity contribution in [3.8, 4) is 0 Å². The van der Waals surface area contributed by atoms with Gasteiger partial charge in [-0.25, -0.2) is 0 Å². The number of rotatable bonds is 0. The number of aliphatic imine (C=N–C) groups is 1. The zero-order valence-electron chi connectivity index (χ0n) is 9.12. The molecule has 1 aromatic rings. The Kier molecular flexibility index (Phi) is 2.52. The van der Waals surface area contributed by atoms with Crippen molar-refractivity contribution in [1.82, 2.24) is 0 Å². The lowest BCUT2D eigenvalue weighted by molar-refractivity contribution is -0.137.